The first kappa shape index (κ1) is 18.4. The van der Waals surface area contributed by atoms with Crippen LogP contribution in [0.2, 0.25) is 0 Å². The van der Waals surface area contributed by atoms with Crippen molar-refractivity contribution in [3.8, 4) is 0 Å². The summed E-state index contributed by atoms with van der Waals surface area (Å²) in [6.07, 6.45) is -1.99. The molecule has 1 atom stereocenters. The first-order valence-corrected chi connectivity index (χ1v) is 9.00. The van der Waals surface area contributed by atoms with E-state index < -0.39 is 23.4 Å². The molecule has 1 unspecified atom stereocenters. The molecule has 0 saturated heterocycles. The van der Waals surface area contributed by atoms with Gasteiger partial charge in [-0.15, -0.1) is 0 Å². The molecule has 0 spiro atoms. The summed E-state index contributed by atoms with van der Waals surface area (Å²) in [5.74, 6) is -0.596. The maximum absolute atomic E-state index is 13.3. The third-order valence-corrected chi connectivity index (χ3v) is 5.26. The molecule has 5 nitrogen and oxygen atoms in total. The molecule has 1 radical (unpaired) electrons. The van der Waals surface area contributed by atoms with Crippen LogP contribution >= 0.6 is 0 Å². The number of fused-ring (bicyclic) bond motifs is 2. The molecule has 3 aromatic carbocycles. The number of anilines is 1. The highest BCUT2D eigenvalue weighted by molar-refractivity contribution is 6.12. The second kappa shape index (κ2) is 6.17. The Bertz CT molecular complexity index is 1300. The SMILES string of the molecule is O=C1c2ccccc2C(O)(c2ccc3[nH][c]nc3c2)N1c1cccc(C(F)(F)F)c1. The molecule has 8 heteroatoms. The number of benzene rings is 3. The molecule has 0 aliphatic carbocycles. The second-order valence-electron chi connectivity index (χ2n) is 6.99. The van der Waals surface area contributed by atoms with Crippen molar-refractivity contribution in [3.05, 3.63) is 95.3 Å². The van der Waals surface area contributed by atoms with E-state index in [1.54, 1.807) is 36.4 Å². The van der Waals surface area contributed by atoms with Crippen LogP contribution in [-0.2, 0) is 11.9 Å². The van der Waals surface area contributed by atoms with Crippen LogP contribution in [0.1, 0.15) is 27.0 Å². The van der Waals surface area contributed by atoms with Crippen molar-refractivity contribution in [1.29, 1.82) is 0 Å². The summed E-state index contributed by atoms with van der Waals surface area (Å²) in [7, 11) is 0. The van der Waals surface area contributed by atoms with Gasteiger partial charge in [-0.1, -0.05) is 30.3 Å². The van der Waals surface area contributed by atoms with Gasteiger partial charge < -0.3 is 10.1 Å². The fourth-order valence-corrected chi connectivity index (χ4v) is 3.87. The van der Waals surface area contributed by atoms with Gasteiger partial charge in [-0.25, -0.2) is 4.98 Å². The van der Waals surface area contributed by atoms with Gasteiger partial charge >= 0.3 is 6.18 Å². The third kappa shape index (κ3) is 2.54. The molecule has 149 valence electrons. The summed E-state index contributed by atoms with van der Waals surface area (Å²) in [4.78, 5) is 21.1. The van der Waals surface area contributed by atoms with Crippen LogP contribution in [0.4, 0.5) is 18.9 Å². The topological polar surface area (TPSA) is 69.2 Å². The van der Waals surface area contributed by atoms with Gasteiger partial charge in [0.1, 0.15) is 0 Å². The highest BCUT2D eigenvalue weighted by Crippen LogP contribution is 2.46. The average Bonchev–Trinajstić information content (AvgIpc) is 3.29. The second-order valence-corrected chi connectivity index (χ2v) is 6.99. The fourth-order valence-electron chi connectivity index (χ4n) is 3.87. The number of rotatable bonds is 2. The van der Waals surface area contributed by atoms with E-state index >= 15 is 0 Å². The number of aromatic nitrogens is 2. The summed E-state index contributed by atoms with van der Waals surface area (Å²) < 4.78 is 39.9. The zero-order valence-electron chi connectivity index (χ0n) is 15.2. The van der Waals surface area contributed by atoms with Crippen molar-refractivity contribution < 1.29 is 23.1 Å². The summed E-state index contributed by atoms with van der Waals surface area (Å²) in [5.41, 5.74) is -1.02. The van der Waals surface area contributed by atoms with E-state index in [4.69, 9.17) is 0 Å². The van der Waals surface area contributed by atoms with Gasteiger partial charge in [-0.3, -0.25) is 9.69 Å². The van der Waals surface area contributed by atoms with Crippen molar-refractivity contribution in [2.75, 3.05) is 4.90 Å². The summed E-state index contributed by atoms with van der Waals surface area (Å²) in [6.45, 7) is 0. The molecule has 2 N–H and O–H groups in total. The number of nitrogens with one attached hydrogen (secondary N) is 1. The van der Waals surface area contributed by atoms with E-state index in [0.29, 0.717) is 16.6 Å². The first-order chi connectivity index (χ1) is 14.3. The van der Waals surface area contributed by atoms with Gasteiger partial charge in [-0.2, -0.15) is 13.2 Å². The Morgan fingerprint density at radius 1 is 1.03 bits per heavy atom. The largest absolute Gasteiger partial charge is 0.416 e. The maximum atomic E-state index is 13.3. The number of amides is 1. The van der Waals surface area contributed by atoms with Crippen molar-refractivity contribution in [3.63, 3.8) is 0 Å². The molecule has 1 amide bonds. The minimum Gasteiger partial charge on any atom is -0.363 e. The third-order valence-electron chi connectivity index (χ3n) is 5.26. The normalized spacial score (nSPS) is 18.8. The van der Waals surface area contributed by atoms with E-state index in [0.717, 1.165) is 17.0 Å². The molecule has 30 heavy (non-hydrogen) atoms. The number of imidazole rings is 1. The van der Waals surface area contributed by atoms with Gasteiger partial charge in [0.2, 0.25) is 0 Å². The number of hydrogen-bond donors (Lipinski definition) is 2. The number of alkyl halides is 3. The van der Waals surface area contributed by atoms with Crippen LogP contribution in [0.15, 0.2) is 66.7 Å². The maximum Gasteiger partial charge on any atom is 0.416 e. The van der Waals surface area contributed by atoms with Gasteiger partial charge in [0.05, 0.1) is 16.6 Å². The zero-order chi connectivity index (χ0) is 21.1. The number of halogens is 3. The molecular weight excluding hydrogens is 395 g/mol. The number of carbonyl (C=O) groups excluding carboxylic acids is 1. The summed E-state index contributed by atoms with van der Waals surface area (Å²) in [6, 6.07) is 15.6. The number of carbonyl (C=O) groups is 1. The van der Waals surface area contributed by atoms with Gasteiger partial charge in [0.25, 0.3) is 5.91 Å². The minimum absolute atomic E-state index is 0.0674. The monoisotopic (exact) mass is 408 g/mol. The van der Waals surface area contributed by atoms with Crippen LogP contribution < -0.4 is 4.90 Å². The van der Waals surface area contributed by atoms with E-state index in [1.807, 2.05) is 0 Å². The van der Waals surface area contributed by atoms with E-state index in [1.165, 1.54) is 18.2 Å². The standard InChI is InChI=1S/C22H13F3N3O2/c23-22(24,25)14-4-3-5-15(10-14)28-20(29)16-6-1-2-7-17(16)21(28,30)13-8-9-18-19(11-13)27-12-26-18/h1-11,30H,(H,26,27). The fraction of sp³-hybridized carbons (Fsp3) is 0.0909. The quantitative estimate of drug-likeness (QED) is 0.522. The van der Waals surface area contributed by atoms with Crippen LogP contribution in [0, 0.1) is 6.33 Å². The molecule has 5 rings (SSSR count). The Kier molecular flexibility index (Phi) is 3.78. The van der Waals surface area contributed by atoms with Crippen LogP contribution in [0.25, 0.3) is 11.0 Å². The Balaban J connectivity index is 1.76. The Labute approximate surface area is 168 Å². The van der Waals surface area contributed by atoms with Crippen LogP contribution in [0.5, 0.6) is 0 Å². The van der Waals surface area contributed by atoms with Crippen LogP contribution in [0.3, 0.4) is 0 Å². The molecule has 1 aliphatic heterocycles. The Morgan fingerprint density at radius 2 is 1.83 bits per heavy atom. The predicted octanol–water partition coefficient (Wildman–Crippen LogP) is 4.24. The number of aliphatic hydroxyl groups is 1. The van der Waals surface area contributed by atoms with Crippen molar-refractivity contribution in [2.24, 2.45) is 0 Å². The molecule has 0 bridgehead atoms. The molecule has 1 aromatic heterocycles. The highest BCUT2D eigenvalue weighted by Gasteiger charge is 2.51. The number of H-pyrrole nitrogens is 1. The first-order valence-electron chi connectivity index (χ1n) is 9.00. The van der Waals surface area contributed by atoms with Gasteiger partial charge in [0.15, 0.2) is 12.1 Å². The van der Waals surface area contributed by atoms with E-state index in [9.17, 15) is 23.1 Å². The number of hydrogen-bond acceptors (Lipinski definition) is 3. The lowest BCUT2D eigenvalue weighted by molar-refractivity contribution is -0.137. The summed E-state index contributed by atoms with van der Waals surface area (Å²) in [5, 5.41) is 11.9. The predicted molar refractivity (Wildman–Crippen MR) is 103 cm³/mol. The molecule has 0 saturated carbocycles. The Morgan fingerprint density at radius 3 is 2.63 bits per heavy atom. The van der Waals surface area contributed by atoms with E-state index in [2.05, 4.69) is 16.3 Å². The van der Waals surface area contributed by atoms with Crippen molar-refractivity contribution >= 4 is 22.6 Å². The average molecular weight is 408 g/mol. The van der Waals surface area contributed by atoms with Crippen molar-refractivity contribution in [1.82, 2.24) is 9.97 Å². The smallest absolute Gasteiger partial charge is 0.363 e. The number of nitrogens with zero attached hydrogens (tertiary/aromatic N) is 2. The summed E-state index contributed by atoms with van der Waals surface area (Å²) >= 11 is 0. The van der Waals surface area contributed by atoms with E-state index in [-0.39, 0.29) is 16.8 Å². The lowest BCUT2D eigenvalue weighted by Gasteiger charge is -2.35. The van der Waals surface area contributed by atoms with Crippen molar-refractivity contribution in [2.45, 2.75) is 11.9 Å². The number of aromatic amines is 1. The lowest BCUT2D eigenvalue weighted by Crippen LogP contribution is -2.45. The minimum atomic E-state index is -4.59. The molecule has 2 heterocycles. The van der Waals surface area contributed by atoms with Gasteiger partial charge in [0, 0.05) is 22.4 Å². The Hall–Kier alpha value is -3.65. The molecule has 4 aromatic rings. The molecular formula is C22H13F3N3O2. The zero-order valence-corrected chi connectivity index (χ0v) is 15.2. The van der Waals surface area contributed by atoms with Gasteiger partial charge in [-0.05, 0) is 36.4 Å². The molecule has 0 fully saturated rings. The lowest BCUT2D eigenvalue weighted by atomic mass is 9.93. The molecule has 1 aliphatic rings. The highest BCUT2D eigenvalue weighted by atomic mass is 19.4. The van der Waals surface area contributed by atoms with Crippen LogP contribution in [-0.4, -0.2) is 21.0 Å².